The Hall–Kier alpha value is 0.990. The normalized spacial score (nSPS) is 0. The minimum Gasteiger partial charge on any atom is -0.813 e. The predicted molar refractivity (Wildman–Crippen MR) is 41.3 cm³/mol. The van der Waals surface area contributed by atoms with Gasteiger partial charge in [-0.05, 0) is 0 Å². The Morgan fingerprint density at radius 3 is 0.273 bits per heavy atom. The van der Waals surface area contributed by atoms with Gasteiger partial charge in [0.2, 0.25) is 0 Å². The molecule has 9 nitrogen and oxygen atoms in total. The summed E-state index contributed by atoms with van der Waals surface area (Å²) in [5.41, 5.74) is 0. The van der Waals surface area contributed by atoms with E-state index in [0.717, 1.165) is 0 Å². The van der Waals surface area contributed by atoms with E-state index in [1.165, 1.54) is 0 Å². The average molecular weight is 218 g/mol. The van der Waals surface area contributed by atoms with Crippen LogP contribution in [-0.2, 0) is 13.5 Å². The van der Waals surface area contributed by atoms with Crippen LogP contribution < -0.4 is 29.6 Å². The van der Waals surface area contributed by atoms with Crippen molar-refractivity contribution in [2.24, 2.45) is 0 Å². The minimum atomic E-state index is 0. The van der Waals surface area contributed by atoms with Gasteiger partial charge in [-0.1, -0.05) is 0 Å². The third kappa shape index (κ3) is 906. The van der Waals surface area contributed by atoms with E-state index < -0.39 is 0 Å². The maximum absolute atomic E-state index is 0. The summed E-state index contributed by atoms with van der Waals surface area (Å²) in [7, 11) is 0. The number of hydrogen-bond donors (Lipinski definition) is 0. The molecule has 0 radical (unpaired) electrons. The van der Waals surface area contributed by atoms with Crippen LogP contribution in [0.1, 0.15) is 0 Å². The molecule has 0 aliphatic heterocycles. The maximum Gasteiger partial charge on any atom is 1.00 e. The van der Waals surface area contributed by atoms with Crippen LogP contribution in [0.4, 0.5) is 0 Å². The van der Waals surface area contributed by atoms with E-state index in [9.17, 15) is 0 Å². The Morgan fingerprint density at radius 1 is 0.273 bits per heavy atom. The molecule has 0 saturated carbocycles. The Morgan fingerprint density at radius 2 is 0.273 bits per heavy atom. The molecule has 0 saturated heterocycles. The van der Waals surface area contributed by atoms with E-state index in [4.69, 9.17) is 0 Å². The molecule has 0 aromatic carbocycles. The largest absolute Gasteiger partial charge is 1.00 e. The van der Waals surface area contributed by atoms with E-state index in [1.807, 2.05) is 0 Å². The summed E-state index contributed by atoms with van der Waals surface area (Å²) in [6.45, 7) is 0. The zero-order valence-corrected chi connectivity index (χ0v) is 8.84. The van der Waals surface area contributed by atoms with E-state index in [0.29, 0.717) is 0 Å². The monoisotopic (exact) mass is 218 g/mol. The summed E-state index contributed by atoms with van der Waals surface area (Å²) in [5, 5.41) is 0. The molecule has 0 aromatic heterocycles. The second-order valence-corrected chi connectivity index (χ2v) is 0. The minimum absolute atomic E-state index is 0. The molecule has 0 aliphatic rings. The van der Waals surface area contributed by atoms with Gasteiger partial charge in [-0.15, -0.1) is 0 Å². The summed E-state index contributed by atoms with van der Waals surface area (Å²) in [5.74, 6) is 0. The van der Waals surface area contributed by atoms with Gasteiger partial charge >= 0.3 is 29.6 Å². The number of rotatable bonds is 0. The van der Waals surface area contributed by atoms with Gasteiger partial charge < -0.3 is 62.8 Å². The van der Waals surface area contributed by atoms with Gasteiger partial charge in [0.15, 0.2) is 0 Å². The van der Waals surface area contributed by atoms with Gasteiger partial charge in [-0.3, -0.25) is 0 Å². The quantitative estimate of drug-likeness (QED) is 0.213. The smallest absolute Gasteiger partial charge is 0.813 e. The topological polar surface area (TPSA) is 284 Å². The zero-order chi connectivity index (χ0) is 0. The summed E-state index contributed by atoms with van der Waals surface area (Å²) in [4.78, 5) is 0. The van der Waals surface area contributed by atoms with Crippen molar-refractivity contribution in [3.8, 4) is 0 Å². The molecule has 0 rings (SSSR count). The molecule has 0 spiro atoms. The zero-order valence-electron chi connectivity index (χ0n) is 5.95. The molecule has 18 N–H and O–H groups in total. The van der Waals surface area contributed by atoms with Gasteiger partial charge in [-0.2, -0.15) is 0 Å². The van der Waals surface area contributed by atoms with E-state index in [2.05, 4.69) is 0 Å². The maximum atomic E-state index is 0. The summed E-state index contributed by atoms with van der Waals surface area (Å²) >= 11 is 0. The fraction of sp³-hybridized carbons (Fsp3) is 0. The van der Waals surface area contributed by atoms with Gasteiger partial charge in [0.1, 0.15) is 0 Å². The van der Waals surface area contributed by atoms with Crippen molar-refractivity contribution in [2.75, 3.05) is 0 Å². The van der Waals surface area contributed by atoms with E-state index in [1.54, 1.807) is 0 Å². The fourth-order valence-electron chi connectivity index (χ4n) is 0. The third-order valence-electron chi connectivity index (χ3n) is 0. The Labute approximate surface area is 92.3 Å². The Balaban J connectivity index is 0. The summed E-state index contributed by atoms with van der Waals surface area (Å²) in [6, 6.07) is 0. The van der Waals surface area contributed by atoms with Crippen molar-refractivity contribution >= 4 is 13.5 Å². The molecule has 0 atom stereocenters. The molecule has 0 aliphatic carbocycles. The molecule has 11 heavy (non-hydrogen) atoms. The SMILES string of the molecule is O.O.O.O.O.O.O.O.O.[Na+].[SH-]. The van der Waals surface area contributed by atoms with Crippen molar-refractivity contribution in [1.82, 2.24) is 0 Å². The van der Waals surface area contributed by atoms with Crippen LogP contribution in [-0.4, -0.2) is 49.3 Å². The van der Waals surface area contributed by atoms with Gasteiger partial charge in [0.05, 0.1) is 0 Å². The van der Waals surface area contributed by atoms with Crippen molar-refractivity contribution < 1.29 is 78.8 Å². The summed E-state index contributed by atoms with van der Waals surface area (Å²) in [6.07, 6.45) is 0. The van der Waals surface area contributed by atoms with Gasteiger partial charge in [0, 0.05) is 0 Å². The van der Waals surface area contributed by atoms with Crippen LogP contribution in [0.2, 0.25) is 0 Å². The number of hydrogen-bond acceptors (Lipinski definition) is 1. The van der Waals surface area contributed by atoms with Crippen molar-refractivity contribution in [3.05, 3.63) is 0 Å². The molecule has 80 valence electrons. The van der Waals surface area contributed by atoms with Crippen molar-refractivity contribution in [1.29, 1.82) is 0 Å². The van der Waals surface area contributed by atoms with E-state index >= 15 is 0 Å². The van der Waals surface area contributed by atoms with Crippen LogP contribution in [0, 0.1) is 0 Å². The average Bonchev–Trinajstić information content (AvgIpc) is 0. The molecule has 0 bridgehead atoms. The first-order valence-corrected chi connectivity index (χ1v) is 0. The first kappa shape index (κ1) is 1480. The second kappa shape index (κ2) is 1120. The van der Waals surface area contributed by atoms with Crippen LogP contribution in [0.3, 0.4) is 0 Å². The summed E-state index contributed by atoms with van der Waals surface area (Å²) < 4.78 is 0. The molecule has 11 heteroatoms. The van der Waals surface area contributed by atoms with Crippen molar-refractivity contribution in [3.63, 3.8) is 0 Å². The van der Waals surface area contributed by atoms with Gasteiger partial charge in [0.25, 0.3) is 0 Å². The third-order valence-corrected chi connectivity index (χ3v) is 0. The molecular formula is H19NaO9S. The second-order valence-electron chi connectivity index (χ2n) is 0. The molecule has 0 heterocycles. The fourth-order valence-corrected chi connectivity index (χ4v) is 0. The first-order valence-electron chi connectivity index (χ1n) is 0. The number of thiol groups is 1. The molecule has 0 amide bonds. The standard InChI is InChI=1S/Na.9H2O.H2S/h;10*1H2/q+1;;;;;;;;;;/p-1. The first-order chi connectivity index (χ1) is 0. The van der Waals surface area contributed by atoms with Crippen molar-refractivity contribution in [2.45, 2.75) is 0 Å². The predicted octanol–water partition coefficient (Wildman–Crippen LogP) is -10.7. The molecular weight excluding hydrogens is 199 g/mol. The molecule has 0 aromatic rings. The Kier molecular flexibility index (Phi) is 150000. The van der Waals surface area contributed by atoms with Crippen LogP contribution >= 0.6 is 0 Å². The Bertz CT molecular complexity index is 9.52. The van der Waals surface area contributed by atoms with Gasteiger partial charge in [-0.25, -0.2) is 0 Å². The van der Waals surface area contributed by atoms with Crippen LogP contribution in [0.25, 0.3) is 0 Å². The van der Waals surface area contributed by atoms with Crippen LogP contribution in [0.15, 0.2) is 0 Å². The molecule has 0 fully saturated rings. The van der Waals surface area contributed by atoms with Crippen LogP contribution in [0.5, 0.6) is 0 Å². The molecule has 0 unspecified atom stereocenters. The van der Waals surface area contributed by atoms with E-state index in [-0.39, 0.29) is 92.3 Å².